The van der Waals surface area contributed by atoms with E-state index in [-0.39, 0.29) is 11.6 Å². The van der Waals surface area contributed by atoms with Crippen LogP contribution >= 0.6 is 0 Å². The van der Waals surface area contributed by atoms with Crippen molar-refractivity contribution in [1.82, 2.24) is 4.90 Å². The molecule has 1 unspecified atom stereocenters. The summed E-state index contributed by atoms with van der Waals surface area (Å²) >= 11 is 0. The molecule has 1 heterocycles. The minimum atomic E-state index is -2.81. The first-order chi connectivity index (χ1) is 14.9. The van der Waals surface area contributed by atoms with Gasteiger partial charge in [-0.05, 0) is 49.0 Å². The predicted molar refractivity (Wildman–Crippen MR) is 131 cm³/mol. The van der Waals surface area contributed by atoms with Gasteiger partial charge in [0.25, 0.3) is 8.32 Å². The lowest BCUT2D eigenvalue weighted by Crippen LogP contribution is -2.68. The Balaban J connectivity index is 2.00. The van der Waals surface area contributed by atoms with E-state index in [1.807, 2.05) is 57.2 Å². The maximum absolute atomic E-state index is 12.8. The van der Waals surface area contributed by atoms with Crippen LogP contribution in [0.3, 0.4) is 0 Å². The highest BCUT2D eigenvalue weighted by atomic mass is 28.4. The highest BCUT2D eigenvalue weighted by Gasteiger charge is 2.53. The molecule has 0 saturated carbocycles. The molecule has 5 nitrogen and oxygen atoms in total. The molecule has 1 aliphatic heterocycles. The number of rotatable bonds is 5. The first-order valence-corrected chi connectivity index (χ1v) is 13.3. The van der Waals surface area contributed by atoms with E-state index in [1.165, 1.54) is 4.90 Å². The smallest absolute Gasteiger partial charge is 0.412 e. The molecule has 1 fully saturated rings. The van der Waals surface area contributed by atoms with E-state index < -0.39 is 25.7 Å². The lowest BCUT2D eigenvalue weighted by Gasteiger charge is -2.45. The van der Waals surface area contributed by atoms with Gasteiger partial charge in [0.2, 0.25) is 0 Å². The predicted octanol–water partition coefficient (Wildman–Crippen LogP) is 4.28. The molecule has 0 aliphatic carbocycles. The lowest BCUT2D eigenvalue weighted by atomic mass is 10.2. The number of carbonyl (C=O) groups excluding carboxylic acids is 1. The van der Waals surface area contributed by atoms with Gasteiger partial charge in [0.05, 0.1) is 6.61 Å². The van der Waals surface area contributed by atoms with Gasteiger partial charge in [-0.25, -0.2) is 4.79 Å². The fourth-order valence-electron chi connectivity index (χ4n) is 4.58. The Morgan fingerprint density at radius 3 is 1.91 bits per heavy atom. The first-order valence-electron chi connectivity index (χ1n) is 11.4. The maximum Gasteiger partial charge on any atom is 0.412 e. The molecule has 1 N–H and O–H groups in total. The van der Waals surface area contributed by atoms with E-state index in [4.69, 9.17) is 9.16 Å². The number of hydrogen-bond donors (Lipinski definition) is 1. The molecule has 2 aromatic rings. The summed E-state index contributed by atoms with van der Waals surface area (Å²) in [5, 5.41) is 13.6. The molecule has 0 bridgehead atoms. The fraction of sp³-hybridized carbons (Fsp3) is 0.500. The van der Waals surface area contributed by atoms with Crippen LogP contribution in [0.2, 0.25) is 5.04 Å². The number of ether oxygens (including phenoxy) is 1. The third-order valence-corrected chi connectivity index (χ3v) is 11.0. The summed E-state index contributed by atoms with van der Waals surface area (Å²) in [6, 6.07) is 20.6. The van der Waals surface area contributed by atoms with Crippen LogP contribution in [0.4, 0.5) is 4.79 Å². The lowest BCUT2D eigenvalue weighted by molar-refractivity contribution is -0.108. The Kier molecular flexibility index (Phi) is 6.89. The van der Waals surface area contributed by atoms with E-state index in [2.05, 4.69) is 45.0 Å². The minimum absolute atomic E-state index is 0.0412. The van der Waals surface area contributed by atoms with E-state index in [0.717, 1.165) is 10.4 Å². The number of nitrogens with zero attached hydrogens (tertiary/aromatic N) is 1. The zero-order chi connectivity index (χ0) is 23.6. The number of likely N-dealkylation sites (tertiary alicyclic amines) is 1. The SMILES string of the molecule is CC(C)(C)OC(=O)N1CCCC1(O)CO[Si](c1ccccc1)(c1ccccc1)C(C)(C)C. The Morgan fingerprint density at radius 2 is 1.47 bits per heavy atom. The Labute approximate surface area is 193 Å². The third kappa shape index (κ3) is 4.92. The number of amides is 1. The van der Waals surface area contributed by atoms with E-state index in [1.54, 1.807) is 0 Å². The standard InChI is InChI=1S/C26H37NO4Si/c1-24(2,3)31-23(28)27-19-13-18-26(27,29)20-30-32(25(4,5)6,21-14-9-7-10-15-21)22-16-11-8-12-17-22/h7-12,14-17,29H,13,18-20H2,1-6H3. The highest BCUT2D eigenvalue weighted by molar-refractivity contribution is 6.99. The third-order valence-electron chi connectivity index (χ3n) is 6.01. The summed E-state index contributed by atoms with van der Waals surface area (Å²) in [6.45, 7) is 12.6. The topological polar surface area (TPSA) is 59.0 Å². The molecule has 0 radical (unpaired) electrons. The fourth-order valence-corrected chi connectivity index (χ4v) is 9.18. The molecular formula is C26H37NO4Si. The maximum atomic E-state index is 12.8. The molecule has 2 aromatic carbocycles. The Hall–Kier alpha value is -2.15. The van der Waals surface area contributed by atoms with Crippen molar-refractivity contribution in [2.75, 3.05) is 13.2 Å². The zero-order valence-electron chi connectivity index (χ0n) is 20.2. The van der Waals surface area contributed by atoms with E-state index in [0.29, 0.717) is 19.4 Å². The zero-order valence-corrected chi connectivity index (χ0v) is 21.2. The van der Waals surface area contributed by atoms with Gasteiger partial charge in [0, 0.05) is 6.54 Å². The molecule has 1 aliphatic rings. The summed E-state index contributed by atoms with van der Waals surface area (Å²) in [7, 11) is -2.81. The summed E-state index contributed by atoms with van der Waals surface area (Å²) < 4.78 is 12.5. The number of carbonyl (C=O) groups is 1. The average molecular weight is 456 g/mol. The van der Waals surface area contributed by atoms with Crippen LogP contribution in [0.1, 0.15) is 54.4 Å². The molecule has 0 aromatic heterocycles. The second-order valence-electron chi connectivity index (χ2n) is 10.7. The molecule has 3 rings (SSSR count). The summed E-state index contributed by atoms with van der Waals surface area (Å²) in [5.41, 5.74) is -2.02. The largest absolute Gasteiger partial charge is 0.444 e. The van der Waals surface area contributed by atoms with Crippen molar-refractivity contribution in [3.05, 3.63) is 60.7 Å². The molecule has 0 spiro atoms. The number of hydrogen-bond acceptors (Lipinski definition) is 4. The van der Waals surface area contributed by atoms with Crippen LogP contribution in [0, 0.1) is 0 Å². The summed E-state index contributed by atoms with van der Waals surface area (Å²) in [5.74, 6) is 0. The van der Waals surface area contributed by atoms with Crippen LogP contribution in [-0.2, 0) is 9.16 Å². The molecular weight excluding hydrogens is 418 g/mol. The molecule has 1 amide bonds. The summed E-state index contributed by atoms with van der Waals surface area (Å²) in [6.07, 6.45) is 0.674. The molecule has 32 heavy (non-hydrogen) atoms. The number of benzene rings is 2. The van der Waals surface area contributed by atoms with Crippen molar-refractivity contribution in [2.45, 2.75) is 70.7 Å². The quantitative estimate of drug-likeness (QED) is 0.684. The molecule has 6 heteroatoms. The Morgan fingerprint density at radius 1 is 0.969 bits per heavy atom. The van der Waals surface area contributed by atoms with Gasteiger partial charge in [-0.2, -0.15) is 0 Å². The van der Waals surface area contributed by atoms with Gasteiger partial charge < -0.3 is 14.3 Å². The average Bonchev–Trinajstić information content (AvgIpc) is 3.10. The van der Waals surface area contributed by atoms with Crippen molar-refractivity contribution in [3.63, 3.8) is 0 Å². The van der Waals surface area contributed by atoms with Gasteiger partial charge >= 0.3 is 6.09 Å². The van der Waals surface area contributed by atoms with Gasteiger partial charge in [0.1, 0.15) is 5.60 Å². The van der Waals surface area contributed by atoms with Crippen LogP contribution in [0.15, 0.2) is 60.7 Å². The van der Waals surface area contributed by atoms with Crippen molar-refractivity contribution >= 4 is 24.8 Å². The summed E-state index contributed by atoms with van der Waals surface area (Å²) in [4.78, 5) is 14.3. The first kappa shape index (κ1) is 24.5. The number of aliphatic hydroxyl groups is 1. The van der Waals surface area contributed by atoms with Gasteiger partial charge in [-0.1, -0.05) is 81.4 Å². The second kappa shape index (κ2) is 9.00. The van der Waals surface area contributed by atoms with E-state index in [9.17, 15) is 9.90 Å². The van der Waals surface area contributed by atoms with Crippen LogP contribution in [-0.4, -0.2) is 48.9 Å². The van der Waals surface area contributed by atoms with Crippen molar-refractivity contribution in [2.24, 2.45) is 0 Å². The van der Waals surface area contributed by atoms with Crippen molar-refractivity contribution < 1.29 is 19.1 Å². The van der Waals surface area contributed by atoms with Crippen LogP contribution in [0.5, 0.6) is 0 Å². The van der Waals surface area contributed by atoms with Crippen LogP contribution in [0.25, 0.3) is 0 Å². The highest BCUT2D eigenvalue weighted by Crippen LogP contribution is 2.38. The van der Waals surface area contributed by atoms with Crippen molar-refractivity contribution in [3.8, 4) is 0 Å². The molecule has 174 valence electrons. The van der Waals surface area contributed by atoms with Crippen molar-refractivity contribution in [1.29, 1.82) is 0 Å². The monoisotopic (exact) mass is 455 g/mol. The molecule has 1 atom stereocenters. The second-order valence-corrected chi connectivity index (χ2v) is 15.0. The minimum Gasteiger partial charge on any atom is -0.444 e. The van der Waals surface area contributed by atoms with Gasteiger partial charge in [-0.3, -0.25) is 4.90 Å². The van der Waals surface area contributed by atoms with Crippen LogP contribution < -0.4 is 10.4 Å². The van der Waals surface area contributed by atoms with Gasteiger partial charge in [0.15, 0.2) is 5.72 Å². The normalized spacial score (nSPS) is 19.8. The Bertz CT molecular complexity index is 865. The van der Waals surface area contributed by atoms with Gasteiger partial charge in [-0.15, -0.1) is 0 Å². The van der Waals surface area contributed by atoms with E-state index >= 15 is 0 Å². The molecule has 1 saturated heterocycles.